The van der Waals surface area contributed by atoms with Crippen LogP contribution in [-0.4, -0.2) is 15.9 Å². The van der Waals surface area contributed by atoms with Crippen molar-refractivity contribution in [1.29, 1.82) is 0 Å². The molecule has 5 heteroatoms. The fourth-order valence-electron chi connectivity index (χ4n) is 7.44. The van der Waals surface area contributed by atoms with Crippen LogP contribution in [0, 0.1) is 38.7 Å². The van der Waals surface area contributed by atoms with Crippen molar-refractivity contribution in [1.82, 2.24) is 4.98 Å². The number of aliphatic hydroxyl groups excluding tert-OH is 1. The normalized spacial score (nSPS) is 12.0. The van der Waals surface area contributed by atoms with Gasteiger partial charge in [-0.05, 0) is 92.3 Å². The quantitative estimate of drug-likeness (QED) is 0.0893. The average Bonchev–Trinajstić information content (AvgIpc) is 3.46. The van der Waals surface area contributed by atoms with Crippen molar-refractivity contribution in [2.75, 3.05) is 0 Å². The third kappa shape index (κ3) is 8.59. The number of benzene rings is 4. The standard InChI is InChI=1S/C34H30NO.C13H24O2.Ir/c1-20-15-21(2)31(22(3)16-20)24-11-12-27-28-13-14-35-32(33(28)36-30(27)19-24)25-17-23-9-7-8-10-26(23)29(18-25)34(4,5)6;1-5-10(6-2)12(14)9-13(15)11(7-3)8-4;/h7-16,18-19H,1-6H3;9-11,14H,5-8H2,1-4H3;/q-1;;/b;12-9-;. The molecule has 4 nitrogen and oxygen atoms in total. The number of hydrogen-bond acceptors (Lipinski definition) is 4. The Labute approximate surface area is 324 Å². The number of aliphatic hydroxyl groups is 1. The Morgan fingerprint density at radius 2 is 1.46 bits per heavy atom. The fraction of sp³-hybridized carbons (Fsp3) is 0.362. The van der Waals surface area contributed by atoms with Gasteiger partial charge in [-0.2, -0.15) is 0 Å². The Kier molecular flexibility index (Phi) is 13.5. The van der Waals surface area contributed by atoms with Gasteiger partial charge in [0, 0.05) is 60.7 Å². The summed E-state index contributed by atoms with van der Waals surface area (Å²) in [5.41, 5.74) is 11.1. The smallest absolute Gasteiger partial charge is 0.162 e. The molecule has 6 aromatic rings. The molecule has 2 heterocycles. The van der Waals surface area contributed by atoms with Gasteiger partial charge in [-0.25, -0.2) is 0 Å². The number of pyridine rings is 1. The first-order valence-electron chi connectivity index (χ1n) is 18.6. The fourth-order valence-corrected chi connectivity index (χ4v) is 7.44. The van der Waals surface area contributed by atoms with Crippen molar-refractivity contribution in [2.24, 2.45) is 11.8 Å². The zero-order valence-electron chi connectivity index (χ0n) is 32.5. The number of nitrogens with zero attached hydrogens (tertiary/aromatic N) is 1. The Bertz CT molecular complexity index is 2190. The van der Waals surface area contributed by atoms with Gasteiger partial charge in [-0.15, -0.1) is 29.1 Å². The maximum atomic E-state index is 11.7. The summed E-state index contributed by atoms with van der Waals surface area (Å²) in [6.07, 6.45) is 6.79. The van der Waals surface area contributed by atoms with E-state index in [1.807, 2.05) is 33.9 Å². The Hall–Kier alpha value is -4.05. The molecule has 0 saturated heterocycles. The first-order chi connectivity index (χ1) is 24.3. The Morgan fingerprint density at radius 1 is 0.827 bits per heavy atom. The van der Waals surface area contributed by atoms with Gasteiger partial charge >= 0.3 is 0 Å². The minimum atomic E-state index is -0.0100. The zero-order chi connectivity index (χ0) is 37.0. The summed E-state index contributed by atoms with van der Waals surface area (Å²) in [5.74, 6) is 0.547. The van der Waals surface area contributed by atoms with Gasteiger partial charge in [0.25, 0.3) is 0 Å². The predicted octanol–water partition coefficient (Wildman–Crippen LogP) is 13.4. The number of aryl methyl sites for hydroxylation is 3. The van der Waals surface area contributed by atoms with E-state index in [2.05, 4.69) is 114 Å². The van der Waals surface area contributed by atoms with E-state index in [9.17, 15) is 9.90 Å². The van der Waals surface area contributed by atoms with Crippen LogP contribution in [0.4, 0.5) is 0 Å². The zero-order valence-corrected chi connectivity index (χ0v) is 34.9. The molecule has 0 amide bonds. The van der Waals surface area contributed by atoms with Crippen LogP contribution in [0.1, 0.15) is 96.4 Å². The van der Waals surface area contributed by atoms with E-state index in [0.717, 1.165) is 64.3 Å². The van der Waals surface area contributed by atoms with Crippen LogP contribution >= 0.6 is 0 Å². The Morgan fingerprint density at radius 3 is 2.08 bits per heavy atom. The number of carbonyl (C=O) groups is 1. The molecule has 0 fully saturated rings. The van der Waals surface area contributed by atoms with Crippen LogP contribution in [0.15, 0.2) is 89.2 Å². The van der Waals surface area contributed by atoms with Crippen molar-refractivity contribution in [3.05, 3.63) is 113 Å². The maximum absolute atomic E-state index is 11.7. The van der Waals surface area contributed by atoms with Crippen LogP contribution in [0.2, 0.25) is 0 Å². The number of aromatic nitrogens is 1. The molecule has 4 aromatic carbocycles. The van der Waals surface area contributed by atoms with Gasteiger partial charge in [0.2, 0.25) is 0 Å². The van der Waals surface area contributed by atoms with E-state index in [-0.39, 0.29) is 48.9 Å². The van der Waals surface area contributed by atoms with Crippen LogP contribution in [0.3, 0.4) is 0 Å². The number of fused-ring (bicyclic) bond motifs is 4. The van der Waals surface area contributed by atoms with Crippen LogP contribution in [0.25, 0.3) is 55.1 Å². The summed E-state index contributed by atoms with van der Waals surface area (Å²) < 4.78 is 6.56. The third-order valence-corrected chi connectivity index (χ3v) is 10.3. The second-order valence-electron chi connectivity index (χ2n) is 15.0. The van der Waals surface area contributed by atoms with Crippen LogP contribution < -0.4 is 0 Å². The number of rotatable bonds is 9. The number of hydrogen-bond donors (Lipinski definition) is 1. The first-order valence-corrected chi connectivity index (χ1v) is 18.6. The Balaban J connectivity index is 0.000000323. The molecule has 0 unspecified atom stereocenters. The first kappa shape index (κ1) is 40.7. The summed E-state index contributed by atoms with van der Waals surface area (Å²) in [6, 6.07) is 27.5. The molecule has 1 radical (unpaired) electrons. The molecule has 1 N–H and O–H groups in total. The van der Waals surface area contributed by atoms with Gasteiger partial charge in [0.05, 0.1) is 5.76 Å². The topological polar surface area (TPSA) is 63.3 Å². The van der Waals surface area contributed by atoms with Gasteiger partial charge < -0.3 is 9.52 Å². The largest absolute Gasteiger partial charge is 0.512 e. The molecular weight excluding hydrogens is 819 g/mol. The van der Waals surface area contributed by atoms with E-state index < -0.39 is 0 Å². The molecule has 0 aliphatic rings. The molecule has 52 heavy (non-hydrogen) atoms. The SMILES string of the molecule is CCC(CC)C(=O)/C=C(\O)C(CC)CC.Cc1cc(C)c(-c2ccc3c(c2)oc2c(-c4[c-]c5ccccc5c(C(C)(C)C)c4)nccc23)c(C)c1.[Ir]. The second-order valence-corrected chi connectivity index (χ2v) is 15.0. The van der Waals surface area contributed by atoms with Crippen molar-refractivity contribution >= 4 is 38.5 Å². The third-order valence-electron chi connectivity index (χ3n) is 10.3. The van der Waals surface area contributed by atoms with Crippen molar-refractivity contribution < 1.29 is 34.4 Å². The summed E-state index contributed by atoms with van der Waals surface area (Å²) >= 11 is 0. The minimum Gasteiger partial charge on any atom is -0.512 e. The molecule has 0 aliphatic carbocycles. The number of allylic oxidation sites excluding steroid dienone is 2. The maximum Gasteiger partial charge on any atom is 0.162 e. The molecular formula is C47H54IrNO3-. The second kappa shape index (κ2) is 17.2. The van der Waals surface area contributed by atoms with E-state index in [1.54, 1.807) is 0 Å². The number of furan rings is 1. The van der Waals surface area contributed by atoms with Crippen molar-refractivity contribution in [3.63, 3.8) is 0 Å². The molecule has 0 aliphatic heterocycles. The molecule has 0 spiro atoms. The van der Waals surface area contributed by atoms with E-state index >= 15 is 0 Å². The number of carbonyl (C=O) groups excluding carboxylic acids is 1. The van der Waals surface area contributed by atoms with Gasteiger partial charge in [-0.3, -0.25) is 9.78 Å². The summed E-state index contributed by atoms with van der Waals surface area (Å²) in [5, 5.41) is 14.3. The summed E-state index contributed by atoms with van der Waals surface area (Å²) in [7, 11) is 0. The monoisotopic (exact) mass is 873 g/mol. The van der Waals surface area contributed by atoms with Gasteiger partial charge in [0.1, 0.15) is 11.2 Å². The minimum absolute atomic E-state index is 0. The average molecular weight is 873 g/mol. The van der Waals surface area contributed by atoms with Gasteiger partial charge in [0.15, 0.2) is 5.78 Å². The predicted molar refractivity (Wildman–Crippen MR) is 216 cm³/mol. The van der Waals surface area contributed by atoms with Gasteiger partial charge in [-0.1, -0.05) is 101 Å². The number of ketones is 1. The molecule has 6 rings (SSSR count). The van der Waals surface area contributed by atoms with Crippen molar-refractivity contribution in [2.45, 2.75) is 100 Å². The molecule has 0 atom stereocenters. The molecule has 275 valence electrons. The molecule has 0 saturated carbocycles. The van der Waals surface area contributed by atoms with E-state index in [0.29, 0.717) is 0 Å². The van der Waals surface area contributed by atoms with Crippen LogP contribution in [0.5, 0.6) is 0 Å². The molecule has 2 aromatic heterocycles. The summed E-state index contributed by atoms with van der Waals surface area (Å²) in [4.78, 5) is 16.5. The van der Waals surface area contributed by atoms with Crippen LogP contribution in [-0.2, 0) is 30.3 Å². The van der Waals surface area contributed by atoms with E-state index in [1.165, 1.54) is 44.8 Å². The van der Waals surface area contributed by atoms with Crippen molar-refractivity contribution in [3.8, 4) is 22.4 Å². The molecule has 0 bridgehead atoms. The summed E-state index contributed by atoms with van der Waals surface area (Å²) in [6.45, 7) is 21.3. The van der Waals surface area contributed by atoms with E-state index in [4.69, 9.17) is 9.40 Å².